The van der Waals surface area contributed by atoms with Crippen molar-refractivity contribution in [2.24, 2.45) is 0 Å². The Labute approximate surface area is 191 Å². The summed E-state index contributed by atoms with van der Waals surface area (Å²) in [7, 11) is 5.93. The topological polar surface area (TPSA) is 54.0 Å². The van der Waals surface area contributed by atoms with Crippen LogP contribution in [0.25, 0.3) is 0 Å². The fourth-order valence-corrected chi connectivity index (χ4v) is 5.25. The van der Waals surface area contributed by atoms with Crippen molar-refractivity contribution in [3.05, 3.63) is 65.2 Å². The second-order valence-corrected chi connectivity index (χ2v) is 9.56. The van der Waals surface area contributed by atoms with Crippen LogP contribution in [0.2, 0.25) is 0 Å². The summed E-state index contributed by atoms with van der Waals surface area (Å²) >= 11 is 0. The minimum Gasteiger partial charge on any atom is -0.468 e. The molecule has 0 radical (unpaired) electrons. The van der Waals surface area contributed by atoms with Crippen molar-refractivity contribution in [2.45, 2.75) is 50.2 Å². The highest BCUT2D eigenvalue weighted by molar-refractivity contribution is 5.78. The standard InChI is InChI=1S/C26H35N3O3/c1-20-8-10-21(11-9-20)17-29-18-25(27-24(29)30)12-14-26(15-13-25,28(2)3)22-6-5-7-23(16-22)32-19-31-4/h5-11,16H,12-15,17-19H2,1-4H3,(H,27,30). The van der Waals surface area contributed by atoms with Gasteiger partial charge in [-0.3, -0.25) is 4.90 Å². The van der Waals surface area contributed by atoms with Crippen LogP contribution in [0.5, 0.6) is 5.75 Å². The fourth-order valence-electron chi connectivity index (χ4n) is 5.25. The van der Waals surface area contributed by atoms with E-state index in [2.05, 4.69) is 73.7 Å². The summed E-state index contributed by atoms with van der Waals surface area (Å²) in [5.74, 6) is 0.823. The number of aryl methyl sites for hydroxylation is 1. The van der Waals surface area contributed by atoms with Crippen molar-refractivity contribution >= 4 is 6.03 Å². The maximum atomic E-state index is 12.8. The Kier molecular flexibility index (Phi) is 6.45. The van der Waals surface area contributed by atoms with Crippen molar-refractivity contribution in [1.29, 1.82) is 0 Å². The molecular weight excluding hydrogens is 402 g/mol. The van der Waals surface area contributed by atoms with E-state index in [1.807, 2.05) is 11.0 Å². The predicted molar refractivity (Wildman–Crippen MR) is 126 cm³/mol. The molecule has 6 nitrogen and oxygen atoms in total. The molecule has 0 aromatic heterocycles. The van der Waals surface area contributed by atoms with Gasteiger partial charge in [-0.1, -0.05) is 42.0 Å². The number of carbonyl (C=O) groups excluding carboxylic acids is 1. The van der Waals surface area contributed by atoms with Crippen LogP contribution < -0.4 is 10.1 Å². The molecule has 1 N–H and O–H groups in total. The van der Waals surface area contributed by atoms with Gasteiger partial charge in [0.1, 0.15) is 5.75 Å². The Bertz CT molecular complexity index is 934. The van der Waals surface area contributed by atoms with E-state index in [9.17, 15) is 4.79 Å². The van der Waals surface area contributed by atoms with Gasteiger partial charge in [0.2, 0.25) is 0 Å². The van der Waals surface area contributed by atoms with Gasteiger partial charge in [-0.25, -0.2) is 4.79 Å². The Morgan fingerprint density at radius 1 is 1.06 bits per heavy atom. The lowest BCUT2D eigenvalue weighted by Crippen LogP contribution is -2.54. The summed E-state index contributed by atoms with van der Waals surface area (Å²) in [6, 6.07) is 16.8. The number of nitrogens with zero attached hydrogens (tertiary/aromatic N) is 2. The van der Waals surface area contributed by atoms with Crippen LogP contribution in [0.4, 0.5) is 4.79 Å². The van der Waals surface area contributed by atoms with E-state index in [0.717, 1.165) is 38.0 Å². The third-order valence-corrected chi connectivity index (χ3v) is 7.25. The molecule has 1 aliphatic heterocycles. The monoisotopic (exact) mass is 437 g/mol. The van der Waals surface area contributed by atoms with Gasteiger partial charge in [0.25, 0.3) is 0 Å². The van der Waals surface area contributed by atoms with E-state index in [4.69, 9.17) is 9.47 Å². The van der Waals surface area contributed by atoms with Crippen LogP contribution in [0, 0.1) is 6.92 Å². The third kappa shape index (κ3) is 4.48. The molecule has 4 rings (SSSR count). The number of ether oxygens (including phenoxy) is 2. The molecule has 1 saturated carbocycles. The molecule has 0 atom stereocenters. The van der Waals surface area contributed by atoms with Crippen LogP contribution in [0.15, 0.2) is 48.5 Å². The molecular formula is C26H35N3O3. The molecule has 2 amide bonds. The molecule has 1 saturated heterocycles. The number of amides is 2. The zero-order chi connectivity index (χ0) is 22.8. The summed E-state index contributed by atoms with van der Waals surface area (Å²) in [4.78, 5) is 17.1. The van der Waals surface area contributed by atoms with Gasteiger partial charge in [0.05, 0.1) is 5.54 Å². The SMILES string of the molecule is COCOc1cccc(C2(N(C)C)CCC3(CC2)CN(Cc2ccc(C)cc2)C(=O)N3)c1. The summed E-state index contributed by atoms with van der Waals surface area (Å²) < 4.78 is 10.8. The number of benzene rings is 2. The fraction of sp³-hybridized carbons (Fsp3) is 0.500. The summed E-state index contributed by atoms with van der Waals surface area (Å²) in [6.45, 7) is 3.75. The highest BCUT2D eigenvalue weighted by Gasteiger charge is 2.50. The van der Waals surface area contributed by atoms with Crippen molar-refractivity contribution in [3.63, 3.8) is 0 Å². The smallest absolute Gasteiger partial charge is 0.318 e. The third-order valence-electron chi connectivity index (χ3n) is 7.25. The lowest BCUT2D eigenvalue weighted by molar-refractivity contribution is 0.0488. The summed E-state index contributed by atoms with van der Waals surface area (Å²) in [6.07, 6.45) is 3.85. The van der Waals surface area contributed by atoms with Crippen molar-refractivity contribution in [3.8, 4) is 5.75 Å². The summed E-state index contributed by atoms with van der Waals surface area (Å²) in [5, 5.41) is 3.35. The zero-order valence-electron chi connectivity index (χ0n) is 19.7. The second kappa shape index (κ2) is 9.12. The van der Waals surface area contributed by atoms with E-state index in [0.29, 0.717) is 6.54 Å². The average Bonchev–Trinajstić information content (AvgIpc) is 3.09. The zero-order valence-corrected chi connectivity index (χ0v) is 19.7. The Morgan fingerprint density at radius 3 is 2.44 bits per heavy atom. The highest BCUT2D eigenvalue weighted by Crippen LogP contribution is 2.46. The predicted octanol–water partition coefficient (Wildman–Crippen LogP) is 4.27. The molecule has 2 fully saturated rings. The molecule has 2 aromatic rings. The number of nitrogens with one attached hydrogen (secondary N) is 1. The Balaban J connectivity index is 1.47. The van der Waals surface area contributed by atoms with E-state index >= 15 is 0 Å². The van der Waals surface area contributed by atoms with Gasteiger partial charge in [0.15, 0.2) is 6.79 Å². The molecule has 0 bridgehead atoms. The largest absolute Gasteiger partial charge is 0.468 e. The number of rotatable bonds is 7. The first-order chi connectivity index (χ1) is 15.4. The second-order valence-electron chi connectivity index (χ2n) is 9.56. The first-order valence-electron chi connectivity index (χ1n) is 11.4. The van der Waals surface area contributed by atoms with Crippen molar-refractivity contribution < 1.29 is 14.3 Å². The van der Waals surface area contributed by atoms with Gasteiger partial charge in [-0.15, -0.1) is 0 Å². The maximum Gasteiger partial charge on any atom is 0.318 e. The van der Waals surface area contributed by atoms with Gasteiger partial charge in [0, 0.05) is 25.7 Å². The van der Waals surface area contributed by atoms with E-state index in [1.54, 1.807) is 7.11 Å². The molecule has 1 aliphatic carbocycles. The van der Waals surface area contributed by atoms with E-state index < -0.39 is 0 Å². The summed E-state index contributed by atoms with van der Waals surface area (Å²) in [5.41, 5.74) is 3.44. The number of methoxy groups -OCH3 is 1. The molecule has 1 heterocycles. The molecule has 6 heteroatoms. The normalized spacial score (nSPS) is 25.4. The Morgan fingerprint density at radius 2 is 1.78 bits per heavy atom. The average molecular weight is 438 g/mol. The van der Waals surface area contributed by atoms with Gasteiger partial charge < -0.3 is 19.7 Å². The van der Waals surface area contributed by atoms with Crippen LogP contribution >= 0.6 is 0 Å². The highest BCUT2D eigenvalue weighted by atomic mass is 16.7. The molecule has 1 spiro atoms. The van der Waals surface area contributed by atoms with Crippen molar-refractivity contribution in [1.82, 2.24) is 15.1 Å². The van der Waals surface area contributed by atoms with E-state index in [1.165, 1.54) is 16.7 Å². The Hall–Kier alpha value is -2.57. The molecule has 2 aromatic carbocycles. The van der Waals surface area contributed by atoms with Crippen LogP contribution in [-0.4, -0.2) is 55.9 Å². The quantitative estimate of drug-likeness (QED) is 0.657. The van der Waals surface area contributed by atoms with Crippen molar-refractivity contribution in [2.75, 3.05) is 34.5 Å². The van der Waals surface area contributed by atoms with E-state index in [-0.39, 0.29) is 23.9 Å². The number of urea groups is 1. The maximum absolute atomic E-state index is 12.8. The van der Waals surface area contributed by atoms with Gasteiger partial charge >= 0.3 is 6.03 Å². The first kappa shape index (κ1) is 22.6. The number of hydrogen-bond acceptors (Lipinski definition) is 4. The van der Waals surface area contributed by atoms with Crippen LogP contribution in [-0.2, 0) is 16.8 Å². The lowest BCUT2D eigenvalue weighted by atomic mass is 9.69. The molecule has 172 valence electrons. The molecule has 32 heavy (non-hydrogen) atoms. The van der Waals surface area contributed by atoms with Gasteiger partial charge in [-0.2, -0.15) is 0 Å². The van der Waals surface area contributed by atoms with Crippen LogP contribution in [0.3, 0.4) is 0 Å². The molecule has 0 unspecified atom stereocenters. The number of carbonyl (C=O) groups is 1. The number of hydrogen-bond donors (Lipinski definition) is 1. The van der Waals surface area contributed by atoms with Gasteiger partial charge in [-0.05, 0) is 70.0 Å². The minimum absolute atomic E-state index is 0.0536. The minimum atomic E-state index is -0.147. The first-order valence-corrected chi connectivity index (χ1v) is 11.4. The van der Waals surface area contributed by atoms with Crippen LogP contribution in [0.1, 0.15) is 42.4 Å². The lowest BCUT2D eigenvalue weighted by Gasteiger charge is -2.48. The molecule has 2 aliphatic rings.